The Morgan fingerprint density at radius 3 is 2.81 bits per heavy atom. The molecule has 0 saturated carbocycles. The normalized spacial score (nSPS) is 20.7. The number of hydrogen-bond acceptors (Lipinski definition) is 2. The largest absolute Gasteiger partial charge is 0.356 e. The molecule has 0 radical (unpaired) electrons. The van der Waals surface area contributed by atoms with Gasteiger partial charge in [0.05, 0.1) is 5.92 Å². The molecule has 2 N–H and O–H groups in total. The van der Waals surface area contributed by atoms with E-state index >= 15 is 0 Å². The van der Waals surface area contributed by atoms with Gasteiger partial charge >= 0.3 is 0 Å². The van der Waals surface area contributed by atoms with E-state index in [0.29, 0.717) is 0 Å². The lowest BCUT2D eigenvalue weighted by Gasteiger charge is -2.21. The predicted molar refractivity (Wildman–Crippen MR) is 67.4 cm³/mol. The molecule has 1 aliphatic rings. The number of nitrogens with one attached hydrogen (secondary N) is 2. The van der Waals surface area contributed by atoms with Crippen molar-refractivity contribution in [3.05, 3.63) is 0 Å². The van der Waals surface area contributed by atoms with Crippen molar-refractivity contribution < 1.29 is 4.79 Å². The number of unbranched alkanes of at least 4 members (excludes halogenated alkanes) is 4. The van der Waals surface area contributed by atoms with Crippen LogP contribution >= 0.6 is 0 Å². The van der Waals surface area contributed by atoms with Crippen LogP contribution in [-0.2, 0) is 4.79 Å². The van der Waals surface area contributed by atoms with Gasteiger partial charge in [-0.25, -0.2) is 0 Å². The van der Waals surface area contributed by atoms with E-state index in [1.165, 1.54) is 25.7 Å². The first kappa shape index (κ1) is 13.5. The molecule has 1 rings (SSSR count). The van der Waals surface area contributed by atoms with E-state index in [4.69, 9.17) is 0 Å². The third kappa shape index (κ3) is 5.50. The van der Waals surface area contributed by atoms with E-state index in [0.717, 1.165) is 38.9 Å². The molecule has 16 heavy (non-hydrogen) atoms. The van der Waals surface area contributed by atoms with Gasteiger partial charge in [-0.15, -0.1) is 0 Å². The lowest BCUT2D eigenvalue weighted by Crippen LogP contribution is -2.40. The molecule has 1 heterocycles. The van der Waals surface area contributed by atoms with Gasteiger partial charge in [0.1, 0.15) is 0 Å². The summed E-state index contributed by atoms with van der Waals surface area (Å²) >= 11 is 0. The van der Waals surface area contributed by atoms with Crippen molar-refractivity contribution in [1.82, 2.24) is 10.6 Å². The first-order chi connectivity index (χ1) is 7.84. The van der Waals surface area contributed by atoms with Gasteiger partial charge in [0.15, 0.2) is 0 Å². The smallest absolute Gasteiger partial charge is 0.224 e. The van der Waals surface area contributed by atoms with E-state index < -0.39 is 0 Å². The van der Waals surface area contributed by atoms with Crippen LogP contribution in [0.5, 0.6) is 0 Å². The van der Waals surface area contributed by atoms with Gasteiger partial charge in [0.25, 0.3) is 0 Å². The Hall–Kier alpha value is -0.570. The average molecular weight is 226 g/mol. The van der Waals surface area contributed by atoms with Crippen LogP contribution in [0.3, 0.4) is 0 Å². The Bertz CT molecular complexity index is 188. The molecule has 0 aromatic carbocycles. The van der Waals surface area contributed by atoms with Crippen molar-refractivity contribution in [2.75, 3.05) is 19.6 Å². The van der Waals surface area contributed by atoms with Gasteiger partial charge in [-0.2, -0.15) is 0 Å². The summed E-state index contributed by atoms with van der Waals surface area (Å²) in [5, 5.41) is 6.32. The van der Waals surface area contributed by atoms with E-state index in [-0.39, 0.29) is 11.8 Å². The maximum absolute atomic E-state index is 11.7. The van der Waals surface area contributed by atoms with E-state index in [2.05, 4.69) is 17.6 Å². The minimum Gasteiger partial charge on any atom is -0.356 e. The summed E-state index contributed by atoms with van der Waals surface area (Å²) < 4.78 is 0. The first-order valence-electron chi connectivity index (χ1n) is 6.83. The Balaban J connectivity index is 1.97. The molecule has 1 fully saturated rings. The predicted octanol–water partition coefficient (Wildman–Crippen LogP) is 2.07. The molecule has 1 saturated heterocycles. The van der Waals surface area contributed by atoms with Crippen molar-refractivity contribution in [1.29, 1.82) is 0 Å². The van der Waals surface area contributed by atoms with Crippen LogP contribution in [-0.4, -0.2) is 25.5 Å². The van der Waals surface area contributed by atoms with Crippen molar-refractivity contribution >= 4 is 5.91 Å². The summed E-state index contributed by atoms with van der Waals surface area (Å²) in [7, 11) is 0. The zero-order valence-electron chi connectivity index (χ0n) is 10.6. The molecule has 0 aromatic heterocycles. The van der Waals surface area contributed by atoms with Crippen LogP contribution in [0.15, 0.2) is 0 Å². The number of piperidine rings is 1. The summed E-state index contributed by atoms with van der Waals surface area (Å²) in [4.78, 5) is 11.7. The van der Waals surface area contributed by atoms with Crippen LogP contribution in [0.25, 0.3) is 0 Å². The number of carbonyl (C=O) groups excluding carboxylic acids is 1. The molecule has 0 aliphatic carbocycles. The highest BCUT2D eigenvalue weighted by atomic mass is 16.1. The quantitative estimate of drug-likeness (QED) is 0.653. The summed E-state index contributed by atoms with van der Waals surface area (Å²) in [6, 6.07) is 0. The second-order valence-corrected chi connectivity index (χ2v) is 4.75. The van der Waals surface area contributed by atoms with Crippen molar-refractivity contribution in [2.24, 2.45) is 5.92 Å². The Kier molecular flexibility index (Phi) is 7.23. The fourth-order valence-corrected chi connectivity index (χ4v) is 2.16. The van der Waals surface area contributed by atoms with Crippen LogP contribution < -0.4 is 10.6 Å². The van der Waals surface area contributed by atoms with Gasteiger partial charge < -0.3 is 10.6 Å². The highest BCUT2D eigenvalue weighted by molar-refractivity contribution is 5.78. The third-order valence-corrected chi connectivity index (χ3v) is 3.25. The molecule has 1 amide bonds. The third-order valence-electron chi connectivity index (χ3n) is 3.25. The van der Waals surface area contributed by atoms with E-state index in [9.17, 15) is 4.79 Å². The zero-order chi connectivity index (χ0) is 11.6. The lowest BCUT2D eigenvalue weighted by molar-refractivity contribution is -0.125. The van der Waals surface area contributed by atoms with Crippen LogP contribution in [0.1, 0.15) is 51.9 Å². The topological polar surface area (TPSA) is 41.1 Å². The molecule has 0 spiro atoms. The number of amides is 1. The molecule has 1 atom stereocenters. The zero-order valence-corrected chi connectivity index (χ0v) is 10.6. The molecule has 0 bridgehead atoms. The Labute approximate surface area is 99.4 Å². The van der Waals surface area contributed by atoms with E-state index in [1.807, 2.05) is 0 Å². The molecule has 3 nitrogen and oxygen atoms in total. The van der Waals surface area contributed by atoms with Gasteiger partial charge in [0.2, 0.25) is 5.91 Å². The fraction of sp³-hybridized carbons (Fsp3) is 0.923. The summed E-state index contributed by atoms with van der Waals surface area (Å²) in [5.41, 5.74) is 0. The average Bonchev–Trinajstić information content (AvgIpc) is 2.34. The monoisotopic (exact) mass is 226 g/mol. The minimum absolute atomic E-state index is 0.212. The van der Waals surface area contributed by atoms with E-state index in [1.54, 1.807) is 0 Å². The highest BCUT2D eigenvalue weighted by Gasteiger charge is 2.19. The van der Waals surface area contributed by atoms with Gasteiger partial charge in [-0.1, -0.05) is 32.6 Å². The summed E-state index contributed by atoms with van der Waals surface area (Å²) in [6.45, 7) is 5.01. The van der Waals surface area contributed by atoms with Crippen LogP contribution in [0.4, 0.5) is 0 Å². The molecule has 1 unspecified atom stereocenters. The number of rotatable bonds is 7. The maximum atomic E-state index is 11.7. The molecular weight excluding hydrogens is 200 g/mol. The Morgan fingerprint density at radius 2 is 2.12 bits per heavy atom. The summed E-state index contributed by atoms with van der Waals surface area (Å²) in [6.07, 6.45) is 8.46. The SMILES string of the molecule is CCCCCCCNC(=O)C1CCCNC1. The minimum atomic E-state index is 0.212. The van der Waals surface area contributed by atoms with Crippen molar-refractivity contribution in [3.63, 3.8) is 0 Å². The molecule has 94 valence electrons. The number of carbonyl (C=O) groups is 1. The number of hydrogen-bond donors (Lipinski definition) is 2. The molecule has 3 heteroatoms. The van der Waals surface area contributed by atoms with Crippen LogP contribution in [0, 0.1) is 5.92 Å². The molecular formula is C13H26N2O. The van der Waals surface area contributed by atoms with Gasteiger partial charge in [-0.05, 0) is 25.8 Å². The standard InChI is InChI=1S/C13H26N2O/c1-2-3-4-5-6-10-15-13(16)12-8-7-9-14-11-12/h12,14H,2-11H2,1H3,(H,15,16). The first-order valence-corrected chi connectivity index (χ1v) is 6.83. The lowest BCUT2D eigenvalue weighted by atomic mass is 9.99. The highest BCUT2D eigenvalue weighted by Crippen LogP contribution is 2.09. The van der Waals surface area contributed by atoms with Gasteiger partial charge in [0, 0.05) is 13.1 Å². The maximum Gasteiger partial charge on any atom is 0.224 e. The second-order valence-electron chi connectivity index (χ2n) is 4.75. The van der Waals surface area contributed by atoms with Crippen molar-refractivity contribution in [2.45, 2.75) is 51.9 Å². The Morgan fingerprint density at radius 1 is 1.31 bits per heavy atom. The fourth-order valence-electron chi connectivity index (χ4n) is 2.16. The summed E-state index contributed by atoms with van der Waals surface area (Å²) in [5.74, 6) is 0.465. The molecule has 1 aliphatic heterocycles. The van der Waals surface area contributed by atoms with Crippen molar-refractivity contribution in [3.8, 4) is 0 Å². The van der Waals surface area contributed by atoms with Crippen LogP contribution in [0.2, 0.25) is 0 Å². The molecule has 0 aromatic rings. The second kappa shape index (κ2) is 8.57. The van der Waals surface area contributed by atoms with Gasteiger partial charge in [-0.3, -0.25) is 4.79 Å².